The van der Waals surface area contributed by atoms with Crippen LogP contribution in [-0.4, -0.2) is 35.4 Å². The van der Waals surface area contributed by atoms with Crippen LogP contribution >= 0.6 is 0 Å². The molecule has 0 saturated carbocycles. The standard InChI is InChI=1S/C16H21N3O2S/c1-13-10-17-14(2)19(13)12-15-8-9-18(11-15)22(20,21)16-6-4-3-5-7-16/h3-7,10,15H,8-9,11-12H2,1-2H3/t15-/m0/s1. The highest BCUT2D eigenvalue weighted by atomic mass is 32.2. The minimum absolute atomic E-state index is 0.338. The van der Waals surface area contributed by atoms with E-state index in [1.54, 1.807) is 28.6 Å². The van der Waals surface area contributed by atoms with Crippen LogP contribution in [-0.2, 0) is 16.6 Å². The number of aryl methyl sites for hydroxylation is 2. The largest absolute Gasteiger partial charge is 0.332 e. The summed E-state index contributed by atoms with van der Waals surface area (Å²) in [6, 6.07) is 8.67. The Hall–Kier alpha value is -1.66. The second-order valence-corrected chi connectivity index (χ2v) is 7.83. The predicted octanol–water partition coefficient (Wildman–Crippen LogP) is 2.21. The zero-order valence-corrected chi connectivity index (χ0v) is 13.8. The third-order valence-electron chi connectivity index (χ3n) is 4.32. The lowest BCUT2D eigenvalue weighted by Gasteiger charge is -2.17. The predicted molar refractivity (Wildman–Crippen MR) is 85.0 cm³/mol. The minimum Gasteiger partial charge on any atom is -0.332 e. The number of aromatic nitrogens is 2. The Balaban J connectivity index is 1.73. The SMILES string of the molecule is Cc1cnc(C)n1C[C@H]1CCN(S(=O)(=O)c2ccccc2)C1. The molecule has 1 atom stereocenters. The van der Waals surface area contributed by atoms with E-state index in [2.05, 4.69) is 9.55 Å². The van der Waals surface area contributed by atoms with E-state index in [0.29, 0.717) is 23.9 Å². The zero-order valence-electron chi connectivity index (χ0n) is 12.9. The smallest absolute Gasteiger partial charge is 0.243 e. The Kier molecular flexibility index (Phi) is 4.06. The van der Waals surface area contributed by atoms with Crippen LogP contribution in [0.3, 0.4) is 0 Å². The lowest BCUT2D eigenvalue weighted by molar-refractivity contribution is 0.423. The monoisotopic (exact) mass is 319 g/mol. The maximum atomic E-state index is 12.6. The third kappa shape index (κ3) is 2.80. The second-order valence-electron chi connectivity index (χ2n) is 5.89. The molecule has 6 heteroatoms. The molecule has 5 nitrogen and oxygen atoms in total. The van der Waals surface area contributed by atoms with Crippen molar-refractivity contribution in [3.63, 3.8) is 0 Å². The minimum atomic E-state index is -3.36. The van der Waals surface area contributed by atoms with Gasteiger partial charge in [0.15, 0.2) is 0 Å². The Morgan fingerprint density at radius 1 is 1.23 bits per heavy atom. The van der Waals surface area contributed by atoms with Crippen molar-refractivity contribution in [3.8, 4) is 0 Å². The number of hydrogen-bond acceptors (Lipinski definition) is 3. The molecular formula is C16H21N3O2S. The van der Waals surface area contributed by atoms with Gasteiger partial charge in [-0.25, -0.2) is 13.4 Å². The van der Waals surface area contributed by atoms with Crippen LogP contribution in [0, 0.1) is 19.8 Å². The molecule has 1 aliphatic heterocycles. The summed E-state index contributed by atoms with van der Waals surface area (Å²) in [6.45, 7) is 6.02. The van der Waals surface area contributed by atoms with Gasteiger partial charge in [0.1, 0.15) is 5.82 Å². The summed E-state index contributed by atoms with van der Waals surface area (Å²) in [5, 5.41) is 0. The molecule has 1 aliphatic rings. The van der Waals surface area contributed by atoms with Crippen molar-refractivity contribution in [2.75, 3.05) is 13.1 Å². The van der Waals surface area contributed by atoms with Crippen molar-refractivity contribution in [2.45, 2.75) is 31.7 Å². The van der Waals surface area contributed by atoms with Gasteiger partial charge in [0.05, 0.1) is 4.90 Å². The Morgan fingerprint density at radius 3 is 2.59 bits per heavy atom. The lowest BCUT2D eigenvalue weighted by atomic mass is 10.1. The quantitative estimate of drug-likeness (QED) is 0.868. The third-order valence-corrected chi connectivity index (χ3v) is 6.20. The topological polar surface area (TPSA) is 55.2 Å². The highest BCUT2D eigenvalue weighted by Crippen LogP contribution is 2.25. The molecule has 22 heavy (non-hydrogen) atoms. The number of imidazole rings is 1. The van der Waals surface area contributed by atoms with Gasteiger partial charge in [-0.1, -0.05) is 18.2 Å². The van der Waals surface area contributed by atoms with Crippen LogP contribution in [0.25, 0.3) is 0 Å². The molecule has 0 radical (unpaired) electrons. The average molecular weight is 319 g/mol. The van der Waals surface area contributed by atoms with Crippen LogP contribution in [0.2, 0.25) is 0 Å². The molecule has 0 aliphatic carbocycles. The van der Waals surface area contributed by atoms with Crippen molar-refractivity contribution >= 4 is 10.0 Å². The van der Waals surface area contributed by atoms with Crippen molar-refractivity contribution in [1.82, 2.24) is 13.9 Å². The highest BCUT2D eigenvalue weighted by molar-refractivity contribution is 7.89. The van der Waals surface area contributed by atoms with Crippen LogP contribution in [0.4, 0.5) is 0 Å². The molecule has 0 amide bonds. The summed E-state index contributed by atoms with van der Waals surface area (Å²) in [6.07, 6.45) is 2.76. The summed E-state index contributed by atoms with van der Waals surface area (Å²) in [5.74, 6) is 1.33. The zero-order chi connectivity index (χ0) is 15.7. The summed E-state index contributed by atoms with van der Waals surface area (Å²) in [7, 11) is -3.36. The van der Waals surface area contributed by atoms with E-state index in [1.165, 1.54) is 0 Å². The van der Waals surface area contributed by atoms with E-state index in [4.69, 9.17) is 0 Å². The summed E-state index contributed by atoms with van der Waals surface area (Å²) in [4.78, 5) is 4.68. The molecule has 0 N–H and O–H groups in total. The molecule has 0 unspecified atom stereocenters. The second kappa shape index (κ2) is 5.85. The molecule has 1 aromatic carbocycles. The highest BCUT2D eigenvalue weighted by Gasteiger charge is 2.32. The van der Waals surface area contributed by atoms with Crippen molar-refractivity contribution in [2.24, 2.45) is 5.92 Å². The Morgan fingerprint density at radius 2 is 1.95 bits per heavy atom. The Bertz CT molecular complexity index is 733. The van der Waals surface area contributed by atoms with Gasteiger partial charge in [-0.15, -0.1) is 0 Å². The van der Waals surface area contributed by atoms with Crippen LogP contribution < -0.4 is 0 Å². The van der Waals surface area contributed by atoms with Gasteiger partial charge in [-0.3, -0.25) is 0 Å². The first kappa shape index (κ1) is 15.2. The van der Waals surface area contributed by atoms with Crippen molar-refractivity contribution < 1.29 is 8.42 Å². The average Bonchev–Trinajstić information content (AvgIpc) is 3.11. The molecule has 0 spiro atoms. The van der Waals surface area contributed by atoms with Gasteiger partial charge < -0.3 is 4.57 Å². The van der Waals surface area contributed by atoms with Gasteiger partial charge in [-0.2, -0.15) is 4.31 Å². The molecule has 1 fully saturated rings. The number of sulfonamides is 1. The fourth-order valence-corrected chi connectivity index (χ4v) is 4.57. The number of nitrogens with zero attached hydrogens (tertiary/aromatic N) is 3. The summed E-state index contributed by atoms with van der Waals surface area (Å²) in [5.41, 5.74) is 1.13. The van der Waals surface area contributed by atoms with E-state index >= 15 is 0 Å². The normalized spacial score (nSPS) is 19.6. The first-order valence-corrected chi connectivity index (χ1v) is 8.96. The molecule has 2 aromatic rings. The molecule has 2 heterocycles. The first-order valence-electron chi connectivity index (χ1n) is 7.52. The van der Waals surface area contributed by atoms with Crippen LogP contribution in [0.1, 0.15) is 17.9 Å². The number of benzene rings is 1. The fraction of sp³-hybridized carbons (Fsp3) is 0.438. The van der Waals surface area contributed by atoms with E-state index in [9.17, 15) is 8.42 Å². The molecule has 3 rings (SSSR count). The fourth-order valence-electron chi connectivity index (χ4n) is 3.02. The van der Waals surface area contributed by atoms with Gasteiger partial charge >= 0.3 is 0 Å². The maximum Gasteiger partial charge on any atom is 0.243 e. The van der Waals surface area contributed by atoms with Crippen molar-refractivity contribution in [3.05, 3.63) is 48.0 Å². The van der Waals surface area contributed by atoms with E-state index in [-0.39, 0.29) is 0 Å². The van der Waals surface area contributed by atoms with Crippen LogP contribution in [0.5, 0.6) is 0 Å². The van der Waals surface area contributed by atoms with E-state index < -0.39 is 10.0 Å². The van der Waals surface area contributed by atoms with Gasteiger partial charge in [0.2, 0.25) is 10.0 Å². The van der Waals surface area contributed by atoms with Gasteiger partial charge in [-0.05, 0) is 38.3 Å². The number of rotatable bonds is 4. The molecule has 118 valence electrons. The maximum absolute atomic E-state index is 12.6. The van der Waals surface area contributed by atoms with E-state index in [0.717, 1.165) is 24.5 Å². The molecular weight excluding hydrogens is 298 g/mol. The van der Waals surface area contributed by atoms with E-state index in [1.807, 2.05) is 26.1 Å². The molecule has 1 saturated heterocycles. The first-order chi connectivity index (χ1) is 10.5. The van der Waals surface area contributed by atoms with Gasteiger partial charge in [0, 0.05) is 31.5 Å². The lowest BCUT2D eigenvalue weighted by Crippen LogP contribution is -2.29. The van der Waals surface area contributed by atoms with Crippen molar-refractivity contribution in [1.29, 1.82) is 0 Å². The Labute approximate surface area is 131 Å². The van der Waals surface area contributed by atoms with Crippen LogP contribution in [0.15, 0.2) is 41.4 Å². The van der Waals surface area contributed by atoms with Gasteiger partial charge in [0.25, 0.3) is 0 Å². The summed E-state index contributed by atoms with van der Waals surface area (Å²) >= 11 is 0. The number of hydrogen-bond donors (Lipinski definition) is 0. The summed E-state index contributed by atoms with van der Waals surface area (Å²) < 4.78 is 29.0. The molecule has 1 aromatic heterocycles. The molecule has 0 bridgehead atoms.